The summed E-state index contributed by atoms with van der Waals surface area (Å²) in [6.45, 7) is 11.7. The van der Waals surface area contributed by atoms with Crippen LogP contribution in [0.5, 0.6) is 5.75 Å². The van der Waals surface area contributed by atoms with E-state index < -0.39 is 0 Å². The molecule has 0 bridgehead atoms. The van der Waals surface area contributed by atoms with Gasteiger partial charge >= 0.3 is 0 Å². The van der Waals surface area contributed by atoms with Gasteiger partial charge in [-0.05, 0) is 73.6 Å². The third-order valence-electron chi connectivity index (χ3n) is 6.51. The number of halogens is 1. The molecule has 0 aromatic heterocycles. The summed E-state index contributed by atoms with van der Waals surface area (Å²) in [4.78, 5) is 19.2. The van der Waals surface area contributed by atoms with E-state index >= 15 is 0 Å². The van der Waals surface area contributed by atoms with Gasteiger partial charge in [-0.1, -0.05) is 50.2 Å². The first-order chi connectivity index (χ1) is 16.6. The normalized spacial score (nSPS) is 19.8. The van der Waals surface area contributed by atoms with Crippen molar-refractivity contribution in [2.45, 2.75) is 64.2 Å². The number of hydrogen-bond acceptors (Lipinski definition) is 5. The van der Waals surface area contributed by atoms with Crippen LogP contribution in [0.15, 0.2) is 46.5 Å². The van der Waals surface area contributed by atoms with E-state index in [-0.39, 0.29) is 21.9 Å². The number of thioether (sulfide) groups is 1. The molecule has 1 unspecified atom stereocenters. The molecule has 0 aliphatic carbocycles. The number of fused-ring (bicyclic) bond motifs is 1. The van der Waals surface area contributed by atoms with E-state index in [1.54, 1.807) is 7.11 Å². The number of rotatable bonds is 5. The highest BCUT2D eigenvalue weighted by molar-refractivity contribution is 8.14. The number of benzene rings is 2. The number of nitrogens with one attached hydrogen (secondary N) is 1. The lowest BCUT2D eigenvalue weighted by atomic mass is 9.76. The molecule has 2 aliphatic rings. The largest absolute Gasteiger partial charge is 0.495 e. The smallest absolute Gasteiger partial charge is 0.299 e. The molecule has 0 spiro atoms. The number of amidine groups is 1. The van der Waals surface area contributed by atoms with E-state index in [0.29, 0.717) is 10.8 Å². The maximum Gasteiger partial charge on any atom is 0.299 e. The minimum absolute atomic E-state index is 0.0182. The van der Waals surface area contributed by atoms with Gasteiger partial charge in [0.15, 0.2) is 0 Å². The molecule has 2 aliphatic heterocycles. The van der Waals surface area contributed by atoms with Crippen molar-refractivity contribution in [2.75, 3.05) is 18.6 Å². The zero-order valence-electron chi connectivity index (χ0n) is 21.2. The quantitative estimate of drug-likeness (QED) is 0.360. The lowest BCUT2D eigenvalue weighted by Gasteiger charge is -2.41. The average Bonchev–Trinajstić information content (AvgIpc) is 2.82. The van der Waals surface area contributed by atoms with Gasteiger partial charge in [0.25, 0.3) is 5.24 Å². The van der Waals surface area contributed by atoms with E-state index in [2.05, 4.69) is 68.2 Å². The highest BCUT2D eigenvalue weighted by Crippen LogP contribution is 2.42. The fraction of sp³-hybridized carbons (Fsp3) is 0.444. The molecule has 1 amide bonds. The van der Waals surface area contributed by atoms with Crippen LogP contribution in [0.25, 0.3) is 0 Å². The standard InChI is InChI=1S/C27H33ClN4O2S/c1-7-23-24(30-31-26(33)35-23)17-8-10-21-19(14-17)27(4,5)12-13-32(21)25(29-16(2)3)18-9-11-22(34-6)20(28)15-18/h8-11,14-16,23H,7,12-13H2,1-6H3,(H,31,33)/b29-25-. The van der Waals surface area contributed by atoms with E-state index in [4.69, 9.17) is 21.3 Å². The summed E-state index contributed by atoms with van der Waals surface area (Å²) in [5.74, 6) is 1.55. The van der Waals surface area contributed by atoms with Crippen LogP contribution in [-0.4, -0.2) is 41.7 Å². The third-order valence-corrected chi connectivity index (χ3v) is 7.95. The highest BCUT2D eigenvalue weighted by Gasteiger charge is 2.35. The summed E-state index contributed by atoms with van der Waals surface area (Å²) < 4.78 is 5.36. The maximum atomic E-state index is 11.9. The number of amides is 1. The number of hydrogen-bond donors (Lipinski definition) is 1. The Kier molecular flexibility index (Phi) is 7.48. The number of anilines is 1. The SMILES string of the molecule is CCC1SC(=O)NN=C1c1ccc2c(c1)C(C)(C)CCN2/C(=N\C(C)C)c1ccc(OC)c(Cl)c1. The number of aliphatic imine (C=N–C) groups is 1. The molecular formula is C27H33ClN4O2S. The molecule has 0 fully saturated rings. The first kappa shape index (κ1) is 25.6. The molecular weight excluding hydrogens is 480 g/mol. The summed E-state index contributed by atoms with van der Waals surface area (Å²) in [5.41, 5.74) is 7.94. The molecule has 4 rings (SSSR count). The summed E-state index contributed by atoms with van der Waals surface area (Å²) in [7, 11) is 1.62. The number of nitrogens with zero attached hydrogens (tertiary/aromatic N) is 3. The van der Waals surface area contributed by atoms with E-state index in [1.807, 2.05) is 18.2 Å². The van der Waals surface area contributed by atoms with Crippen LogP contribution in [-0.2, 0) is 5.41 Å². The molecule has 8 heteroatoms. The fourth-order valence-corrected chi connectivity index (χ4v) is 5.69. The van der Waals surface area contributed by atoms with Gasteiger partial charge in [-0.3, -0.25) is 9.79 Å². The first-order valence-electron chi connectivity index (χ1n) is 12.0. The molecule has 2 aromatic rings. The van der Waals surface area contributed by atoms with Gasteiger partial charge in [0.05, 0.1) is 23.1 Å². The zero-order valence-corrected chi connectivity index (χ0v) is 22.8. The second-order valence-electron chi connectivity index (χ2n) is 9.82. The van der Waals surface area contributed by atoms with Gasteiger partial charge in [0.2, 0.25) is 0 Å². The van der Waals surface area contributed by atoms with Gasteiger partial charge < -0.3 is 9.64 Å². The molecule has 1 atom stereocenters. The van der Waals surface area contributed by atoms with Gasteiger partial charge in [-0.15, -0.1) is 0 Å². The van der Waals surface area contributed by atoms with Gasteiger partial charge in [-0.2, -0.15) is 5.10 Å². The van der Waals surface area contributed by atoms with Crippen molar-refractivity contribution in [2.24, 2.45) is 10.1 Å². The van der Waals surface area contributed by atoms with Crippen LogP contribution >= 0.6 is 23.4 Å². The second-order valence-corrected chi connectivity index (χ2v) is 11.4. The molecule has 2 heterocycles. The van der Waals surface area contributed by atoms with E-state index in [1.165, 1.54) is 17.3 Å². The molecule has 0 radical (unpaired) electrons. The minimum Gasteiger partial charge on any atom is -0.495 e. The van der Waals surface area contributed by atoms with Crippen LogP contribution in [0.4, 0.5) is 10.5 Å². The van der Waals surface area contributed by atoms with Crippen LogP contribution in [0, 0.1) is 0 Å². The number of carbonyl (C=O) groups excluding carboxylic acids is 1. The molecule has 35 heavy (non-hydrogen) atoms. The van der Waals surface area contributed by atoms with Crippen molar-refractivity contribution in [1.29, 1.82) is 0 Å². The van der Waals surface area contributed by atoms with Crippen molar-refractivity contribution in [3.05, 3.63) is 58.1 Å². The average molecular weight is 513 g/mol. The molecule has 0 saturated carbocycles. The number of ether oxygens (including phenoxy) is 1. The molecule has 186 valence electrons. The van der Waals surface area contributed by atoms with Gasteiger partial charge in [0, 0.05) is 23.8 Å². The first-order valence-corrected chi connectivity index (χ1v) is 13.3. The van der Waals surface area contributed by atoms with Gasteiger partial charge in [-0.25, -0.2) is 5.43 Å². The maximum absolute atomic E-state index is 11.9. The van der Waals surface area contributed by atoms with Crippen LogP contribution < -0.4 is 15.1 Å². The van der Waals surface area contributed by atoms with Crippen molar-refractivity contribution in [3.63, 3.8) is 0 Å². The van der Waals surface area contributed by atoms with Crippen LogP contribution in [0.3, 0.4) is 0 Å². The lowest BCUT2D eigenvalue weighted by Crippen LogP contribution is -2.42. The predicted octanol–water partition coefficient (Wildman–Crippen LogP) is 6.63. The molecule has 2 aromatic carbocycles. The summed E-state index contributed by atoms with van der Waals surface area (Å²) in [5, 5.41) is 4.94. The predicted molar refractivity (Wildman–Crippen MR) is 148 cm³/mol. The van der Waals surface area contributed by atoms with E-state index in [0.717, 1.165) is 47.7 Å². The minimum atomic E-state index is -0.0993. The summed E-state index contributed by atoms with van der Waals surface area (Å²) in [6.07, 6.45) is 1.81. The van der Waals surface area contributed by atoms with E-state index in [9.17, 15) is 4.79 Å². The number of methoxy groups -OCH3 is 1. The second kappa shape index (κ2) is 10.2. The summed E-state index contributed by atoms with van der Waals surface area (Å²) in [6, 6.07) is 12.5. The number of hydrazone groups is 1. The zero-order chi connectivity index (χ0) is 25.3. The van der Waals surface area contributed by atoms with Crippen LogP contribution in [0.1, 0.15) is 64.2 Å². The number of carbonyl (C=O) groups is 1. The Morgan fingerprint density at radius 3 is 2.74 bits per heavy atom. The molecule has 1 N–H and O–H groups in total. The van der Waals surface area contributed by atoms with Gasteiger partial charge in [0.1, 0.15) is 11.6 Å². The fourth-order valence-electron chi connectivity index (χ4n) is 4.61. The van der Waals surface area contributed by atoms with Crippen molar-refractivity contribution < 1.29 is 9.53 Å². The van der Waals surface area contributed by atoms with Crippen molar-refractivity contribution >= 4 is 45.8 Å². The van der Waals surface area contributed by atoms with Crippen molar-refractivity contribution in [3.8, 4) is 5.75 Å². The van der Waals surface area contributed by atoms with Crippen LogP contribution in [0.2, 0.25) is 5.02 Å². The monoisotopic (exact) mass is 512 g/mol. The Bertz CT molecular complexity index is 1190. The lowest BCUT2D eigenvalue weighted by molar-refractivity contribution is 0.260. The Balaban J connectivity index is 1.81. The Morgan fingerprint density at radius 2 is 2.09 bits per heavy atom. The Hall–Kier alpha value is -2.51. The summed E-state index contributed by atoms with van der Waals surface area (Å²) >= 11 is 7.80. The highest BCUT2D eigenvalue weighted by atomic mass is 35.5. The molecule has 6 nitrogen and oxygen atoms in total. The third kappa shape index (κ3) is 5.21. The topological polar surface area (TPSA) is 66.3 Å². The Labute approximate surface area is 217 Å². The molecule has 0 saturated heterocycles. The van der Waals surface area contributed by atoms with Crippen molar-refractivity contribution in [1.82, 2.24) is 5.43 Å². The Morgan fingerprint density at radius 1 is 1.31 bits per heavy atom.